The van der Waals surface area contributed by atoms with Crippen LogP contribution >= 0.6 is 0 Å². The largest absolute Gasteiger partial charge is 0.573 e. The molecule has 0 radical (unpaired) electrons. The van der Waals surface area contributed by atoms with E-state index in [1.165, 1.54) is 16.7 Å². The van der Waals surface area contributed by atoms with Crippen molar-refractivity contribution in [3.05, 3.63) is 94.0 Å². The van der Waals surface area contributed by atoms with Crippen molar-refractivity contribution >= 4 is 22.7 Å². The number of fused-ring (bicyclic) bond motifs is 1. The Hall–Kier alpha value is -4.50. The van der Waals surface area contributed by atoms with E-state index in [0.717, 1.165) is 17.7 Å². The van der Waals surface area contributed by atoms with E-state index in [1.807, 2.05) is 25.1 Å². The minimum atomic E-state index is -4.78. The number of rotatable bonds is 6. The molecule has 0 N–H and O–H groups in total. The zero-order valence-electron chi connectivity index (χ0n) is 22.7. The third-order valence-electron chi connectivity index (χ3n) is 7.39. The van der Waals surface area contributed by atoms with Gasteiger partial charge in [-0.3, -0.25) is 14.5 Å². The summed E-state index contributed by atoms with van der Waals surface area (Å²) >= 11 is 0. The highest BCUT2D eigenvalue weighted by Gasteiger charge is 2.39. The molecule has 0 spiro atoms. The number of hydrogen-bond acceptors (Lipinski definition) is 7. The van der Waals surface area contributed by atoms with Crippen LogP contribution in [0.25, 0.3) is 15.9 Å². The highest BCUT2D eigenvalue weighted by Crippen LogP contribution is 2.36. The molecule has 4 aromatic rings. The van der Waals surface area contributed by atoms with Crippen LogP contribution < -0.4 is 15.3 Å². The van der Waals surface area contributed by atoms with Gasteiger partial charge in [-0.25, -0.2) is 4.79 Å². The molecule has 41 heavy (non-hydrogen) atoms. The molecule has 1 unspecified atom stereocenters. The lowest BCUT2D eigenvalue weighted by Crippen LogP contribution is -2.58. The summed E-state index contributed by atoms with van der Waals surface area (Å²) in [5, 5.41) is 0. The van der Waals surface area contributed by atoms with Crippen molar-refractivity contribution in [2.75, 3.05) is 18.0 Å². The third kappa shape index (κ3) is 5.71. The van der Waals surface area contributed by atoms with Crippen LogP contribution in [0.1, 0.15) is 37.6 Å². The molecular formula is C29H28F3N7O2. The summed E-state index contributed by atoms with van der Waals surface area (Å²) in [4.78, 5) is 34.1. The molecule has 0 amide bonds. The molecule has 12 heteroatoms. The quantitative estimate of drug-likeness (QED) is 0.297. The van der Waals surface area contributed by atoms with Crippen LogP contribution in [0.3, 0.4) is 0 Å². The van der Waals surface area contributed by atoms with Crippen molar-refractivity contribution < 1.29 is 17.9 Å². The van der Waals surface area contributed by atoms with Gasteiger partial charge in [0.1, 0.15) is 5.75 Å². The van der Waals surface area contributed by atoms with Gasteiger partial charge in [0.2, 0.25) is 5.52 Å². The number of halogens is 3. The second-order valence-electron chi connectivity index (χ2n) is 9.96. The van der Waals surface area contributed by atoms with Gasteiger partial charge in [-0.15, -0.1) is 18.2 Å². The third-order valence-corrected chi connectivity index (χ3v) is 7.39. The van der Waals surface area contributed by atoms with Crippen LogP contribution in [0, 0.1) is 6.57 Å². The van der Waals surface area contributed by atoms with Gasteiger partial charge >= 0.3 is 12.1 Å². The SMILES string of the molecule is [C-]#[N+]c1ccc2c(n1)c(N1C[C@@H](CC)N(C(c3ccc(OC(F)(F)F)cc3)c3ccccn3)C[C@@H]1C)nc(=O)n2C. The Labute approximate surface area is 234 Å². The molecule has 3 atom stereocenters. The summed E-state index contributed by atoms with van der Waals surface area (Å²) in [7, 11) is 1.62. The van der Waals surface area contributed by atoms with Gasteiger partial charge in [0.15, 0.2) is 5.82 Å². The first-order valence-corrected chi connectivity index (χ1v) is 13.1. The van der Waals surface area contributed by atoms with Crippen LogP contribution in [0.4, 0.5) is 24.8 Å². The molecule has 9 nitrogen and oxygen atoms in total. The maximum atomic E-state index is 12.8. The number of aromatic nitrogens is 4. The average molecular weight is 564 g/mol. The number of benzene rings is 1. The summed E-state index contributed by atoms with van der Waals surface area (Å²) in [6.07, 6.45) is -2.34. The first-order chi connectivity index (χ1) is 19.6. The summed E-state index contributed by atoms with van der Waals surface area (Å²) in [6.45, 7) is 12.5. The van der Waals surface area contributed by atoms with Crippen molar-refractivity contribution in [1.29, 1.82) is 0 Å². The fraction of sp³-hybridized carbons (Fsp3) is 0.345. The number of piperazine rings is 1. The minimum Gasteiger partial charge on any atom is -0.406 e. The van der Waals surface area contributed by atoms with E-state index >= 15 is 0 Å². The molecule has 1 fully saturated rings. The molecule has 1 saturated heterocycles. The predicted octanol–water partition coefficient (Wildman–Crippen LogP) is 5.25. The van der Waals surface area contributed by atoms with Gasteiger partial charge in [0.25, 0.3) is 5.82 Å². The highest BCUT2D eigenvalue weighted by molar-refractivity contribution is 5.87. The highest BCUT2D eigenvalue weighted by atomic mass is 19.4. The standard InChI is InChI=1S/C29H28F3N7O2/c1-5-20-17-38(27-25-23(37(4)28(40)36-27)13-14-24(33-3)35-25)18(2)16-39(20)26(22-8-6-7-15-34-22)19-9-11-21(12-10-19)41-29(30,31)32/h6-15,18,20,26H,5,16-17H2,1-2,4H3/t18-,20+,26?/m0/s1. The smallest absolute Gasteiger partial charge is 0.406 e. The van der Waals surface area contributed by atoms with Crippen molar-refractivity contribution in [1.82, 2.24) is 24.4 Å². The summed E-state index contributed by atoms with van der Waals surface area (Å²) in [5.41, 5.74) is 2.19. The summed E-state index contributed by atoms with van der Waals surface area (Å²) < 4.78 is 43.8. The number of alkyl halides is 3. The van der Waals surface area contributed by atoms with Crippen molar-refractivity contribution in [3.63, 3.8) is 0 Å². The van der Waals surface area contributed by atoms with E-state index in [-0.39, 0.29) is 29.7 Å². The monoisotopic (exact) mass is 563 g/mol. The predicted molar refractivity (Wildman–Crippen MR) is 148 cm³/mol. The van der Waals surface area contributed by atoms with E-state index in [0.29, 0.717) is 29.9 Å². The van der Waals surface area contributed by atoms with Gasteiger partial charge in [0.05, 0.1) is 17.3 Å². The second kappa shape index (κ2) is 11.2. The number of anilines is 1. The lowest BCUT2D eigenvalue weighted by molar-refractivity contribution is -0.274. The lowest BCUT2D eigenvalue weighted by atomic mass is 9.95. The number of pyridine rings is 2. The fourth-order valence-electron chi connectivity index (χ4n) is 5.42. The van der Waals surface area contributed by atoms with Crippen LogP contribution in [-0.2, 0) is 7.05 Å². The minimum absolute atomic E-state index is 0.0331. The maximum absolute atomic E-state index is 12.8. The van der Waals surface area contributed by atoms with Crippen molar-refractivity contribution in [2.24, 2.45) is 7.05 Å². The normalized spacial score (nSPS) is 18.7. The van der Waals surface area contributed by atoms with Gasteiger partial charge in [-0.1, -0.05) is 31.7 Å². The van der Waals surface area contributed by atoms with Crippen LogP contribution in [0.5, 0.6) is 5.75 Å². The molecule has 0 bridgehead atoms. The number of hydrogen-bond donors (Lipinski definition) is 0. The van der Waals surface area contributed by atoms with E-state index in [9.17, 15) is 18.0 Å². The first kappa shape index (κ1) is 28.0. The number of nitrogens with zero attached hydrogens (tertiary/aromatic N) is 7. The average Bonchev–Trinajstić information content (AvgIpc) is 2.96. The summed E-state index contributed by atoms with van der Waals surface area (Å²) in [5.74, 6) is 0.356. The van der Waals surface area contributed by atoms with Gasteiger partial charge < -0.3 is 14.5 Å². The van der Waals surface area contributed by atoms with E-state index < -0.39 is 12.1 Å². The Morgan fingerprint density at radius 1 is 1.10 bits per heavy atom. The molecule has 212 valence electrons. The fourth-order valence-corrected chi connectivity index (χ4v) is 5.42. The lowest BCUT2D eigenvalue weighted by Gasteiger charge is -2.48. The Morgan fingerprint density at radius 2 is 1.85 bits per heavy atom. The Kier molecular flexibility index (Phi) is 7.64. The molecule has 1 aliphatic rings. The molecule has 1 aromatic carbocycles. The zero-order valence-corrected chi connectivity index (χ0v) is 22.7. The Balaban J connectivity index is 1.54. The summed E-state index contributed by atoms with van der Waals surface area (Å²) in [6, 6.07) is 14.3. The maximum Gasteiger partial charge on any atom is 0.573 e. The zero-order chi connectivity index (χ0) is 29.3. The van der Waals surface area contributed by atoms with Gasteiger partial charge in [-0.2, -0.15) is 4.98 Å². The van der Waals surface area contributed by atoms with Crippen molar-refractivity contribution in [3.8, 4) is 5.75 Å². The molecular weight excluding hydrogens is 535 g/mol. The van der Waals surface area contributed by atoms with E-state index in [4.69, 9.17) is 6.57 Å². The van der Waals surface area contributed by atoms with Gasteiger partial charge in [0, 0.05) is 38.4 Å². The number of aryl methyl sites for hydroxylation is 1. The molecule has 5 rings (SSSR count). The number of ether oxygens (including phenoxy) is 1. The van der Waals surface area contributed by atoms with Crippen molar-refractivity contribution in [2.45, 2.75) is 44.8 Å². The molecule has 4 heterocycles. The Bertz CT molecular complexity index is 1640. The second-order valence-corrected chi connectivity index (χ2v) is 9.96. The molecule has 1 aliphatic heterocycles. The van der Waals surface area contributed by atoms with Gasteiger partial charge in [-0.05, 0) is 55.3 Å². The van der Waals surface area contributed by atoms with E-state index in [1.54, 1.807) is 37.5 Å². The topological polar surface area (TPSA) is 80.7 Å². The first-order valence-electron chi connectivity index (χ1n) is 13.1. The molecule has 0 saturated carbocycles. The molecule has 3 aromatic heterocycles. The van der Waals surface area contributed by atoms with Crippen LogP contribution in [-0.4, -0.2) is 56.0 Å². The molecule has 0 aliphatic carbocycles. The van der Waals surface area contributed by atoms with Crippen LogP contribution in [0.2, 0.25) is 0 Å². The van der Waals surface area contributed by atoms with Crippen LogP contribution in [0.15, 0.2) is 65.6 Å². The van der Waals surface area contributed by atoms with E-state index in [2.05, 4.69) is 41.3 Å². The Morgan fingerprint density at radius 3 is 2.49 bits per heavy atom.